The second-order valence-corrected chi connectivity index (χ2v) is 11.2. The van der Waals surface area contributed by atoms with Crippen LogP contribution in [0.1, 0.15) is 83.7 Å². The number of hydrogen-bond donors (Lipinski definition) is 0. The Kier molecular flexibility index (Phi) is 5.95. The van der Waals surface area contributed by atoms with E-state index in [1.165, 1.54) is 17.2 Å². The molecule has 3 heterocycles. The fourth-order valence-electron chi connectivity index (χ4n) is 6.15. The molecule has 2 fully saturated rings. The Labute approximate surface area is 232 Å². The van der Waals surface area contributed by atoms with Gasteiger partial charge in [-0.25, -0.2) is 13.9 Å². The minimum absolute atomic E-state index is 0.0178. The number of rotatable bonds is 6. The van der Waals surface area contributed by atoms with Crippen LogP contribution in [0.5, 0.6) is 0 Å². The summed E-state index contributed by atoms with van der Waals surface area (Å²) in [5.41, 5.74) is 5.64. The quantitative estimate of drug-likeness (QED) is 0.288. The first-order valence-electron chi connectivity index (χ1n) is 14.2. The van der Waals surface area contributed by atoms with Gasteiger partial charge in [0.05, 0.1) is 24.1 Å². The number of amides is 1. The highest BCUT2D eigenvalue weighted by Gasteiger charge is 2.45. The van der Waals surface area contributed by atoms with E-state index in [1.54, 1.807) is 23.6 Å². The minimum Gasteiger partial charge on any atom is -0.466 e. The van der Waals surface area contributed by atoms with Crippen molar-refractivity contribution in [1.29, 1.82) is 0 Å². The van der Waals surface area contributed by atoms with Crippen molar-refractivity contribution < 1.29 is 18.7 Å². The molecule has 3 aliphatic rings. The topological polar surface area (TPSA) is 76.8 Å². The van der Waals surface area contributed by atoms with Crippen LogP contribution < -0.4 is 0 Å². The lowest BCUT2D eigenvalue weighted by molar-refractivity contribution is -0.144. The van der Waals surface area contributed by atoms with Gasteiger partial charge in [0.1, 0.15) is 5.82 Å². The van der Waals surface area contributed by atoms with Crippen LogP contribution in [0.25, 0.3) is 17.0 Å². The fraction of sp³-hybridized carbons (Fsp3) is 0.375. The summed E-state index contributed by atoms with van der Waals surface area (Å²) in [4.78, 5) is 32.4. The van der Waals surface area contributed by atoms with Gasteiger partial charge in [0.15, 0.2) is 11.5 Å². The summed E-state index contributed by atoms with van der Waals surface area (Å²) in [7, 11) is 0. The molecule has 4 aromatic rings. The molecule has 8 heteroatoms. The number of aromatic nitrogens is 3. The van der Waals surface area contributed by atoms with E-state index in [0.717, 1.165) is 30.5 Å². The maximum Gasteiger partial charge on any atom is 0.309 e. The van der Waals surface area contributed by atoms with Crippen LogP contribution >= 0.6 is 0 Å². The normalized spacial score (nSPS) is 21.8. The third-order valence-electron chi connectivity index (χ3n) is 8.60. The number of carbonyl (C=O) groups is 2. The summed E-state index contributed by atoms with van der Waals surface area (Å²) in [6.07, 6.45) is 3.56. The zero-order chi connectivity index (χ0) is 27.5. The second kappa shape index (κ2) is 9.54. The largest absolute Gasteiger partial charge is 0.466 e. The third kappa shape index (κ3) is 4.26. The van der Waals surface area contributed by atoms with E-state index in [4.69, 9.17) is 4.74 Å². The average Bonchev–Trinajstić information content (AvgIpc) is 3.89. The SMILES string of the molecule is CCOC(=O)[C@@H]1C[C@H]1c1ccc(-c2nc3cc(C(=O)N4CCc5ccccc5[C@H]4C)cc(C4CC4)n3n2)c(F)c1. The van der Waals surface area contributed by atoms with E-state index in [2.05, 4.69) is 29.1 Å². The van der Waals surface area contributed by atoms with Crippen LogP contribution in [-0.4, -0.2) is 44.5 Å². The lowest BCUT2D eigenvalue weighted by Gasteiger charge is -2.35. The Morgan fingerprint density at radius 2 is 1.93 bits per heavy atom. The first-order chi connectivity index (χ1) is 19.4. The van der Waals surface area contributed by atoms with Crippen LogP contribution in [0.4, 0.5) is 4.39 Å². The Hall–Kier alpha value is -4.07. The molecule has 2 aromatic heterocycles. The van der Waals surface area contributed by atoms with E-state index >= 15 is 4.39 Å². The van der Waals surface area contributed by atoms with Crippen molar-refractivity contribution >= 4 is 17.5 Å². The van der Waals surface area contributed by atoms with Crippen molar-refractivity contribution in [3.63, 3.8) is 0 Å². The van der Waals surface area contributed by atoms with Crippen LogP contribution in [-0.2, 0) is 16.0 Å². The van der Waals surface area contributed by atoms with E-state index in [9.17, 15) is 9.59 Å². The Morgan fingerprint density at radius 3 is 2.70 bits per heavy atom. The molecule has 0 saturated heterocycles. The zero-order valence-electron chi connectivity index (χ0n) is 22.6. The molecule has 0 radical (unpaired) electrons. The lowest BCUT2D eigenvalue weighted by atomic mass is 9.93. The molecular weight excluding hydrogens is 507 g/mol. The number of pyridine rings is 1. The molecule has 1 aliphatic heterocycles. The Morgan fingerprint density at radius 1 is 1.10 bits per heavy atom. The van der Waals surface area contributed by atoms with Gasteiger partial charge in [-0.2, -0.15) is 0 Å². The van der Waals surface area contributed by atoms with Crippen LogP contribution in [0.3, 0.4) is 0 Å². The fourth-order valence-corrected chi connectivity index (χ4v) is 6.15. The molecule has 7 rings (SSSR count). The number of benzene rings is 2. The van der Waals surface area contributed by atoms with Gasteiger partial charge in [0.2, 0.25) is 0 Å². The molecule has 2 saturated carbocycles. The molecule has 7 nitrogen and oxygen atoms in total. The number of carbonyl (C=O) groups excluding carboxylic acids is 2. The predicted octanol–water partition coefficient (Wildman–Crippen LogP) is 5.84. The first kappa shape index (κ1) is 24.9. The van der Waals surface area contributed by atoms with Crippen molar-refractivity contribution in [3.8, 4) is 11.4 Å². The highest BCUT2D eigenvalue weighted by atomic mass is 19.1. The first-order valence-corrected chi connectivity index (χ1v) is 14.2. The molecule has 2 aromatic carbocycles. The maximum absolute atomic E-state index is 15.3. The van der Waals surface area contributed by atoms with Crippen LogP contribution in [0.2, 0.25) is 0 Å². The van der Waals surface area contributed by atoms with Crippen molar-refractivity contribution in [1.82, 2.24) is 19.5 Å². The van der Waals surface area contributed by atoms with Gasteiger partial charge < -0.3 is 9.64 Å². The standard InChI is InChI=1S/C32H31FN4O3/c1-3-40-32(39)26-17-25(26)21-10-11-24(27(33)14-21)30-34-29-16-22(15-28(20-8-9-20)37(29)35-30)31(38)36-13-12-19-6-4-5-7-23(19)18(36)2/h4-7,10-11,14-16,18,20,25-26H,3,8-9,12-13,17H2,1-2H3/t18-,25+,26-/m1/s1. The number of fused-ring (bicyclic) bond motifs is 2. The molecular formula is C32H31FN4O3. The summed E-state index contributed by atoms with van der Waals surface area (Å²) in [5, 5.41) is 4.69. The van der Waals surface area contributed by atoms with Crippen LogP contribution in [0.15, 0.2) is 54.6 Å². The summed E-state index contributed by atoms with van der Waals surface area (Å²) >= 11 is 0. The number of esters is 1. The summed E-state index contributed by atoms with van der Waals surface area (Å²) < 4.78 is 22.2. The van der Waals surface area contributed by atoms with Crippen LogP contribution in [0, 0.1) is 11.7 Å². The molecule has 3 atom stereocenters. The molecule has 204 valence electrons. The summed E-state index contributed by atoms with van der Waals surface area (Å²) in [5.74, 6) is -0.289. The van der Waals surface area contributed by atoms with Crippen molar-refractivity contribution in [2.75, 3.05) is 13.2 Å². The van der Waals surface area contributed by atoms with Crippen molar-refractivity contribution in [2.24, 2.45) is 5.92 Å². The van der Waals surface area contributed by atoms with Gasteiger partial charge in [0, 0.05) is 23.7 Å². The highest BCUT2D eigenvalue weighted by molar-refractivity contribution is 5.96. The van der Waals surface area contributed by atoms with Gasteiger partial charge in [-0.1, -0.05) is 30.3 Å². The van der Waals surface area contributed by atoms with E-state index in [0.29, 0.717) is 42.3 Å². The van der Waals surface area contributed by atoms with Gasteiger partial charge in [0.25, 0.3) is 5.91 Å². The molecule has 0 unspecified atom stereocenters. The monoisotopic (exact) mass is 538 g/mol. The summed E-state index contributed by atoms with van der Waals surface area (Å²) in [6, 6.07) is 17.0. The maximum atomic E-state index is 15.3. The van der Waals surface area contributed by atoms with E-state index in [-0.39, 0.29) is 35.6 Å². The molecule has 1 amide bonds. The highest BCUT2D eigenvalue weighted by Crippen LogP contribution is 2.48. The number of nitrogens with zero attached hydrogens (tertiary/aromatic N) is 4. The van der Waals surface area contributed by atoms with Gasteiger partial charge in [-0.05, 0) is 86.4 Å². The zero-order valence-corrected chi connectivity index (χ0v) is 22.6. The van der Waals surface area contributed by atoms with E-state index in [1.807, 2.05) is 29.2 Å². The van der Waals surface area contributed by atoms with Gasteiger partial charge in [-0.3, -0.25) is 9.59 Å². The van der Waals surface area contributed by atoms with Gasteiger partial charge in [-0.15, -0.1) is 5.10 Å². The van der Waals surface area contributed by atoms with E-state index < -0.39 is 5.82 Å². The Bertz CT molecular complexity index is 1660. The minimum atomic E-state index is -0.423. The van der Waals surface area contributed by atoms with Crippen molar-refractivity contribution in [2.45, 2.75) is 57.4 Å². The lowest BCUT2D eigenvalue weighted by Crippen LogP contribution is -2.38. The number of ether oxygens (including phenoxy) is 1. The third-order valence-corrected chi connectivity index (χ3v) is 8.60. The van der Waals surface area contributed by atoms with Gasteiger partial charge >= 0.3 is 5.97 Å². The molecule has 0 bridgehead atoms. The smallest absolute Gasteiger partial charge is 0.309 e. The second-order valence-electron chi connectivity index (χ2n) is 11.2. The molecule has 2 aliphatic carbocycles. The molecule has 40 heavy (non-hydrogen) atoms. The predicted molar refractivity (Wildman–Crippen MR) is 147 cm³/mol. The Balaban J connectivity index is 1.20. The van der Waals surface area contributed by atoms with Crippen molar-refractivity contribution in [3.05, 3.63) is 88.4 Å². The molecule has 0 spiro atoms. The number of halogens is 1. The molecule has 0 N–H and O–H groups in total. The average molecular weight is 539 g/mol. The number of hydrogen-bond acceptors (Lipinski definition) is 5. The summed E-state index contributed by atoms with van der Waals surface area (Å²) in [6.45, 7) is 4.87.